The van der Waals surface area contributed by atoms with E-state index in [0.29, 0.717) is 6.04 Å². The zero-order valence-corrected chi connectivity index (χ0v) is 9.50. The molecule has 3 nitrogen and oxygen atoms in total. The minimum atomic E-state index is -0.299. The highest BCUT2D eigenvalue weighted by Crippen LogP contribution is 2.07. The number of hydrogen-bond acceptors (Lipinski definition) is 3. The van der Waals surface area contributed by atoms with Gasteiger partial charge in [0, 0.05) is 26.2 Å². The Balaban J connectivity index is 2.40. The van der Waals surface area contributed by atoms with Gasteiger partial charge in [0.2, 0.25) is 0 Å². The van der Waals surface area contributed by atoms with Crippen LogP contribution in [0.15, 0.2) is 18.3 Å². The summed E-state index contributed by atoms with van der Waals surface area (Å²) in [5.74, 6) is 0.495. The lowest BCUT2D eigenvalue weighted by Crippen LogP contribution is -2.33. The molecule has 84 valence electrons. The van der Waals surface area contributed by atoms with E-state index < -0.39 is 0 Å². The molecule has 0 bridgehead atoms. The van der Waals surface area contributed by atoms with Crippen molar-refractivity contribution in [2.75, 3.05) is 25.0 Å². The van der Waals surface area contributed by atoms with Gasteiger partial charge in [0.05, 0.1) is 6.20 Å². The molecule has 0 aliphatic heterocycles. The van der Waals surface area contributed by atoms with Crippen LogP contribution >= 0.6 is 0 Å². The Morgan fingerprint density at radius 3 is 2.73 bits per heavy atom. The second-order valence-electron chi connectivity index (χ2n) is 3.86. The molecule has 1 heterocycles. The summed E-state index contributed by atoms with van der Waals surface area (Å²) in [5, 5.41) is 3.31. The third-order valence-corrected chi connectivity index (χ3v) is 2.10. The molecule has 0 aromatic carbocycles. The molecule has 0 amide bonds. The first-order chi connectivity index (χ1) is 7.09. The van der Waals surface area contributed by atoms with Crippen LogP contribution in [0.4, 0.5) is 10.2 Å². The van der Waals surface area contributed by atoms with Gasteiger partial charge in [-0.2, -0.15) is 0 Å². The number of nitrogens with zero attached hydrogens (tertiary/aromatic N) is 2. The van der Waals surface area contributed by atoms with Gasteiger partial charge in [0.1, 0.15) is 11.6 Å². The third-order valence-electron chi connectivity index (χ3n) is 2.10. The highest BCUT2D eigenvalue weighted by Gasteiger charge is 2.02. The molecule has 0 aliphatic rings. The monoisotopic (exact) mass is 211 g/mol. The van der Waals surface area contributed by atoms with Crippen LogP contribution < -0.4 is 10.2 Å². The van der Waals surface area contributed by atoms with Crippen molar-refractivity contribution in [3.63, 3.8) is 0 Å². The van der Waals surface area contributed by atoms with E-state index in [0.717, 1.165) is 18.9 Å². The summed E-state index contributed by atoms with van der Waals surface area (Å²) >= 11 is 0. The minimum Gasteiger partial charge on any atom is -0.358 e. The lowest BCUT2D eigenvalue weighted by atomic mass is 10.4. The Morgan fingerprint density at radius 1 is 1.47 bits per heavy atom. The minimum absolute atomic E-state index is 0.299. The van der Waals surface area contributed by atoms with Crippen molar-refractivity contribution >= 4 is 5.82 Å². The molecule has 1 rings (SSSR count). The smallest absolute Gasteiger partial charge is 0.141 e. The van der Waals surface area contributed by atoms with Crippen molar-refractivity contribution in [3.8, 4) is 0 Å². The molecule has 0 atom stereocenters. The van der Waals surface area contributed by atoms with Gasteiger partial charge in [-0.15, -0.1) is 0 Å². The van der Waals surface area contributed by atoms with Gasteiger partial charge < -0.3 is 10.2 Å². The molecule has 15 heavy (non-hydrogen) atoms. The van der Waals surface area contributed by atoms with E-state index in [1.54, 1.807) is 6.07 Å². The van der Waals surface area contributed by atoms with Crippen LogP contribution in [0.2, 0.25) is 0 Å². The Bertz CT molecular complexity index is 284. The first-order valence-electron chi connectivity index (χ1n) is 5.15. The maximum Gasteiger partial charge on any atom is 0.141 e. The average molecular weight is 211 g/mol. The first kappa shape index (κ1) is 11.9. The number of hydrogen-bond donors (Lipinski definition) is 1. The molecule has 0 saturated heterocycles. The lowest BCUT2D eigenvalue weighted by molar-refractivity contribution is 0.587. The van der Waals surface area contributed by atoms with Crippen molar-refractivity contribution in [2.45, 2.75) is 19.9 Å². The number of nitrogens with one attached hydrogen (secondary N) is 1. The molecule has 1 N–H and O–H groups in total. The van der Waals surface area contributed by atoms with E-state index in [1.807, 2.05) is 11.9 Å². The van der Waals surface area contributed by atoms with Crippen LogP contribution in [-0.2, 0) is 0 Å². The SMILES string of the molecule is CC(C)NCCN(C)c1ccc(F)cn1. The molecule has 0 radical (unpaired) electrons. The third kappa shape index (κ3) is 4.25. The summed E-state index contributed by atoms with van der Waals surface area (Å²) < 4.78 is 12.6. The quantitative estimate of drug-likeness (QED) is 0.802. The molecule has 0 fully saturated rings. The van der Waals surface area contributed by atoms with Gasteiger partial charge in [0.15, 0.2) is 0 Å². The molecule has 0 aliphatic carbocycles. The van der Waals surface area contributed by atoms with Crippen molar-refractivity contribution < 1.29 is 4.39 Å². The Morgan fingerprint density at radius 2 is 2.20 bits per heavy atom. The van der Waals surface area contributed by atoms with Crippen molar-refractivity contribution in [3.05, 3.63) is 24.1 Å². The lowest BCUT2D eigenvalue weighted by Gasteiger charge is -2.19. The Hall–Kier alpha value is -1.16. The summed E-state index contributed by atoms with van der Waals surface area (Å²) in [4.78, 5) is 5.99. The van der Waals surface area contributed by atoms with Crippen LogP contribution in [0.1, 0.15) is 13.8 Å². The van der Waals surface area contributed by atoms with E-state index in [1.165, 1.54) is 12.3 Å². The maximum absolute atomic E-state index is 12.6. The van der Waals surface area contributed by atoms with Gasteiger partial charge in [-0.3, -0.25) is 0 Å². The maximum atomic E-state index is 12.6. The largest absolute Gasteiger partial charge is 0.358 e. The molecular formula is C11H18FN3. The van der Waals surface area contributed by atoms with Crippen LogP contribution in [0.5, 0.6) is 0 Å². The van der Waals surface area contributed by atoms with Gasteiger partial charge in [0.25, 0.3) is 0 Å². The second-order valence-corrected chi connectivity index (χ2v) is 3.86. The summed E-state index contributed by atoms with van der Waals surface area (Å²) in [6.07, 6.45) is 1.24. The van der Waals surface area contributed by atoms with E-state index in [9.17, 15) is 4.39 Å². The Labute approximate surface area is 90.3 Å². The van der Waals surface area contributed by atoms with Crippen LogP contribution in [0.25, 0.3) is 0 Å². The predicted molar refractivity (Wildman–Crippen MR) is 60.6 cm³/mol. The van der Waals surface area contributed by atoms with E-state index in [4.69, 9.17) is 0 Å². The highest BCUT2D eigenvalue weighted by molar-refractivity contribution is 5.36. The molecule has 0 saturated carbocycles. The zero-order valence-electron chi connectivity index (χ0n) is 9.50. The molecular weight excluding hydrogens is 193 g/mol. The molecule has 1 aromatic heterocycles. The van der Waals surface area contributed by atoms with E-state index in [-0.39, 0.29) is 5.82 Å². The van der Waals surface area contributed by atoms with E-state index >= 15 is 0 Å². The second kappa shape index (κ2) is 5.66. The number of halogens is 1. The van der Waals surface area contributed by atoms with Crippen molar-refractivity contribution in [1.82, 2.24) is 10.3 Å². The van der Waals surface area contributed by atoms with Gasteiger partial charge >= 0.3 is 0 Å². The fourth-order valence-corrected chi connectivity index (χ4v) is 1.23. The fourth-order valence-electron chi connectivity index (χ4n) is 1.23. The number of rotatable bonds is 5. The number of pyridine rings is 1. The fraction of sp³-hybridized carbons (Fsp3) is 0.545. The van der Waals surface area contributed by atoms with Crippen LogP contribution in [-0.4, -0.2) is 31.2 Å². The van der Waals surface area contributed by atoms with Crippen molar-refractivity contribution in [2.24, 2.45) is 0 Å². The summed E-state index contributed by atoms with van der Waals surface area (Å²) in [6, 6.07) is 3.60. The summed E-state index contributed by atoms with van der Waals surface area (Å²) in [5.41, 5.74) is 0. The van der Waals surface area contributed by atoms with Gasteiger partial charge in [-0.05, 0) is 12.1 Å². The predicted octanol–water partition coefficient (Wildman–Crippen LogP) is 1.65. The molecule has 0 unspecified atom stereocenters. The summed E-state index contributed by atoms with van der Waals surface area (Å²) in [6.45, 7) is 5.97. The average Bonchev–Trinajstić information content (AvgIpc) is 2.18. The molecule has 4 heteroatoms. The molecule has 0 spiro atoms. The summed E-state index contributed by atoms with van der Waals surface area (Å²) in [7, 11) is 1.95. The normalized spacial score (nSPS) is 10.7. The number of aromatic nitrogens is 1. The number of anilines is 1. The topological polar surface area (TPSA) is 28.2 Å². The van der Waals surface area contributed by atoms with Gasteiger partial charge in [-0.25, -0.2) is 9.37 Å². The number of likely N-dealkylation sites (N-methyl/N-ethyl adjacent to an activating group) is 1. The molecule has 1 aromatic rings. The van der Waals surface area contributed by atoms with Crippen molar-refractivity contribution in [1.29, 1.82) is 0 Å². The first-order valence-corrected chi connectivity index (χ1v) is 5.15. The van der Waals surface area contributed by atoms with Crippen LogP contribution in [0.3, 0.4) is 0 Å². The van der Waals surface area contributed by atoms with E-state index in [2.05, 4.69) is 24.1 Å². The van der Waals surface area contributed by atoms with Gasteiger partial charge in [-0.1, -0.05) is 13.8 Å². The standard InChI is InChI=1S/C11H18FN3/c1-9(2)13-6-7-15(3)11-5-4-10(12)8-14-11/h4-5,8-9,13H,6-7H2,1-3H3. The zero-order chi connectivity index (χ0) is 11.3. The Kier molecular flexibility index (Phi) is 4.49. The van der Waals surface area contributed by atoms with Crippen LogP contribution in [0, 0.1) is 5.82 Å². The highest BCUT2D eigenvalue weighted by atomic mass is 19.1.